The van der Waals surface area contributed by atoms with E-state index in [0.29, 0.717) is 0 Å². The Bertz CT molecular complexity index is 268. The largest absolute Gasteiger partial charge is 0.496 e. The first-order valence-electron chi connectivity index (χ1n) is 4.10. The SMILES string of the molecule is COc1cc(C(C)(C)C)sc1C. The lowest BCUT2D eigenvalue weighted by Crippen LogP contribution is -2.07. The van der Waals surface area contributed by atoms with E-state index in [-0.39, 0.29) is 5.41 Å². The maximum atomic E-state index is 5.23. The van der Waals surface area contributed by atoms with E-state index in [9.17, 15) is 0 Å². The van der Waals surface area contributed by atoms with Crippen molar-refractivity contribution in [3.63, 3.8) is 0 Å². The molecule has 0 bridgehead atoms. The molecule has 1 heterocycles. The molecule has 0 aromatic carbocycles. The third kappa shape index (κ3) is 1.81. The Hall–Kier alpha value is -0.500. The summed E-state index contributed by atoms with van der Waals surface area (Å²) >= 11 is 1.82. The monoisotopic (exact) mass is 184 g/mol. The highest BCUT2D eigenvalue weighted by Crippen LogP contribution is 2.35. The van der Waals surface area contributed by atoms with Gasteiger partial charge in [-0.3, -0.25) is 0 Å². The predicted molar refractivity (Wildman–Crippen MR) is 54.3 cm³/mol. The van der Waals surface area contributed by atoms with E-state index >= 15 is 0 Å². The summed E-state index contributed by atoms with van der Waals surface area (Å²) in [6.45, 7) is 8.76. The lowest BCUT2D eigenvalue weighted by molar-refractivity contribution is 0.413. The van der Waals surface area contributed by atoms with Crippen molar-refractivity contribution in [2.45, 2.75) is 33.1 Å². The van der Waals surface area contributed by atoms with Gasteiger partial charge in [0, 0.05) is 9.75 Å². The van der Waals surface area contributed by atoms with Crippen molar-refractivity contribution in [2.75, 3.05) is 7.11 Å². The molecule has 1 nitrogen and oxygen atoms in total. The van der Waals surface area contributed by atoms with E-state index in [4.69, 9.17) is 4.74 Å². The molecular weight excluding hydrogens is 168 g/mol. The first-order chi connectivity index (χ1) is 5.45. The molecule has 1 rings (SSSR count). The van der Waals surface area contributed by atoms with Gasteiger partial charge in [0.1, 0.15) is 5.75 Å². The maximum Gasteiger partial charge on any atom is 0.132 e. The smallest absolute Gasteiger partial charge is 0.132 e. The van der Waals surface area contributed by atoms with Crippen LogP contribution in [-0.4, -0.2) is 7.11 Å². The second kappa shape index (κ2) is 3.09. The Balaban J connectivity index is 3.05. The maximum absolute atomic E-state index is 5.23. The summed E-state index contributed by atoms with van der Waals surface area (Å²) in [5.74, 6) is 1.02. The second-order valence-electron chi connectivity index (χ2n) is 3.99. The molecule has 1 aromatic heterocycles. The normalized spacial score (nSPS) is 11.8. The molecule has 0 radical (unpaired) electrons. The Morgan fingerprint density at radius 1 is 1.33 bits per heavy atom. The number of rotatable bonds is 1. The summed E-state index contributed by atoms with van der Waals surface area (Å²) in [6.07, 6.45) is 0. The molecule has 0 fully saturated rings. The summed E-state index contributed by atoms with van der Waals surface area (Å²) in [6, 6.07) is 2.14. The van der Waals surface area contributed by atoms with Crippen LogP contribution < -0.4 is 4.74 Å². The van der Waals surface area contributed by atoms with Gasteiger partial charge in [-0.25, -0.2) is 0 Å². The molecular formula is C10H16OS. The number of hydrogen-bond donors (Lipinski definition) is 0. The van der Waals surface area contributed by atoms with Crippen LogP contribution in [0, 0.1) is 6.92 Å². The van der Waals surface area contributed by atoms with E-state index in [2.05, 4.69) is 33.8 Å². The standard InChI is InChI=1S/C10H16OS/c1-7-8(11-5)6-9(12-7)10(2,3)4/h6H,1-5H3. The zero-order chi connectivity index (χ0) is 9.35. The molecule has 0 saturated carbocycles. The average Bonchev–Trinajstić information content (AvgIpc) is 2.29. The van der Waals surface area contributed by atoms with Crippen molar-refractivity contribution >= 4 is 11.3 Å². The van der Waals surface area contributed by atoms with Crippen LogP contribution >= 0.6 is 11.3 Å². The van der Waals surface area contributed by atoms with Gasteiger partial charge in [0.05, 0.1) is 7.11 Å². The Kier molecular flexibility index (Phi) is 2.47. The van der Waals surface area contributed by atoms with Gasteiger partial charge in [-0.2, -0.15) is 0 Å². The van der Waals surface area contributed by atoms with Crippen LogP contribution in [0.2, 0.25) is 0 Å². The van der Waals surface area contributed by atoms with Crippen molar-refractivity contribution in [1.82, 2.24) is 0 Å². The van der Waals surface area contributed by atoms with Gasteiger partial charge in [-0.1, -0.05) is 20.8 Å². The molecule has 0 unspecified atom stereocenters. The van der Waals surface area contributed by atoms with E-state index in [1.54, 1.807) is 7.11 Å². The predicted octanol–water partition coefficient (Wildman–Crippen LogP) is 3.36. The number of thiophene rings is 1. The quantitative estimate of drug-likeness (QED) is 0.650. The Morgan fingerprint density at radius 2 is 1.92 bits per heavy atom. The van der Waals surface area contributed by atoms with E-state index in [1.165, 1.54) is 9.75 Å². The van der Waals surface area contributed by atoms with Crippen LogP contribution in [0.1, 0.15) is 30.5 Å². The van der Waals surface area contributed by atoms with Gasteiger partial charge in [0.15, 0.2) is 0 Å². The van der Waals surface area contributed by atoms with Crippen molar-refractivity contribution in [1.29, 1.82) is 0 Å². The molecule has 0 N–H and O–H groups in total. The van der Waals surface area contributed by atoms with Crippen molar-refractivity contribution < 1.29 is 4.74 Å². The number of methoxy groups -OCH3 is 1. The minimum Gasteiger partial charge on any atom is -0.496 e. The van der Waals surface area contributed by atoms with Gasteiger partial charge in [-0.15, -0.1) is 11.3 Å². The zero-order valence-electron chi connectivity index (χ0n) is 8.39. The minimum atomic E-state index is 0.242. The van der Waals surface area contributed by atoms with E-state index in [1.807, 2.05) is 11.3 Å². The summed E-state index contributed by atoms with van der Waals surface area (Å²) in [4.78, 5) is 2.65. The van der Waals surface area contributed by atoms with Crippen LogP contribution in [0.15, 0.2) is 6.07 Å². The molecule has 0 aliphatic carbocycles. The topological polar surface area (TPSA) is 9.23 Å². The Morgan fingerprint density at radius 3 is 2.17 bits per heavy atom. The summed E-state index contributed by atoms with van der Waals surface area (Å²) in [5, 5.41) is 0. The van der Waals surface area contributed by atoms with Gasteiger partial charge in [-0.05, 0) is 18.4 Å². The fraction of sp³-hybridized carbons (Fsp3) is 0.600. The highest BCUT2D eigenvalue weighted by atomic mass is 32.1. The highest BCUT2D eigenvalue weighted by molar-refractivity contribution is 7.12. The van der Waals surface area contributed by atoms with Crippen molar-refractivity contribution in [2.24, 2.45) is 0 Å². The van der Waals surface area contributed by atoms with Gasteiger partial charge in [0.25, 0.3) is 0 Å². The van der Waals surface area contributed by atoms with Crippen LogP contribution in [-0.2, 0) is 5.41 Å². The summed E-state index contributed by atoms with van der Waals surface area (Å²) < 4.78 is 5.23. The van der Waals surface area contributed by atoms with Crippen molar-refractivity contribution in [3.05, 3.63) is 15.8 Å². The summed E-state index contributed by atoms with van der Waals surface area (Å²) in [5.41, 5.74) is 0.242. The molecule has 2 heteroatoms. The van der Waals surface area contributed by atoms with Crippen LogP contribution in [0.4, 0.5) is 0 Å². The van der Waals surface area contributed by atoms with E-state index < -0.39 is 0 Å². The zero-order valence-corrected chi connectivity index (χ0v) is 9.21. The molecule has 0 aliphatic rings. The lowest BCUT2D eigenvalue weighted by atomic mass is 9.95. The van der Waals surface area contributed by atoms with E-state index in [0.717, 1.165) is 5.75 Å². The second-order valence-corrected chi connectivity index (χ2v) is 5.24. The third-order valence-corrected chi connectivity index (χ3v) is 3.29. The first kappa shape index (κ1) is 9.59. The first-order valence-corrected chi connectivity index (χ1v) is 4.91. The fourth-order valence-corrected chi connectivity index (χ4v) is 2.08. The van der Waals surface area contributed by atoms with Gasteiger partial charge >= 0.3 is 0 Å². The molecule has 0 amide bonds. The number of aryl methyl sites for hydroxylation is 1. The van der Waals surface area contributed by atoms with Crippen LogP contribution in [0.5, 0.6) is 5.75 Å². The van der Waals surface area contributed by atoms with Gasteiger partial charge in [0.2, 0.25) is 0 Å². The molecule has 0 aliphatic heterocycles. The lowest BCUT2D eigenvalue weighted by Gasteiger charge is -2.14. The van der Waals surface area contributed by atoms with Gasteiger partial charge < -0.3 is 4.74 Å². The Labute approximate surface area is 78.4 Å². The number of hydrogen-bond acceptors (Lipinski definition) is 2. The van der Waals surface area contributed by atoms with Crippen LogP contribution in [0.25, 0.3) is 0 Å². The minimum absolute atomic E-state index is 0.242. The molecule has 0 saturated heterocycles. The molecule has 0 atom stereocenters. The fourth-order valence-electron chi connectivity index (χ4n) is 1.04. The number of ether oxygens (including phenoxy) is 1. The molecule has 12 heavy (non-hydrogen) atoms. The molecule has 1 aromatic rings. The molecule has 0 spiro atoms. The molecule has 68 valence electrons. The average molecular weight is 184 g/mol. The third-order valence-electron chi connectivity index (χ3n) is 1.83. The van der Waals surface area contributed by atoms with Crippen molar-refractivity contribution in [3.8, 4) is 5.75 Å². The summed E-state index contributed by atoms with van der Waals surface area (Å²) in [7, 11) is 1.72. The van der Waals surface area contributed by atoms with Crippen LogP contribution in [0.3, 0.4) is 0 Å². The highest BCUT2D eigenvalue weighted by Gasteiger charge is 2.18.